The summed E-state index contributed by atoms with van der Waals surface area (Å²) in [7, 11) is 3.60. The molecule has 0 aromatic heterocycles. The lowest BCUT2D eigenvalue weighted by molar-refractivity contribution is 0.0384. The van der Waals surface area contributed by atoms with Crippen molar-refractivity contribution in [2.45, 2.75) is 77.9 Å². The van der Waals surface area contributed by atoms with Crippen LogP contribution in [0.25, 0.3) is 0 Å². The molecule has 138 valence electrons. The van der Waals surface area contributed by atoms with Gasteiger partial charge in [0.1, 0.15) is 0 Å². The van der Waals surface area contributed by atoms with Crippen LogP contribution in [0.4, 0.5) is 0 Å². The van der Waals surface area contributed by atoms with Crippen molar-refractivity contribution < 1.29 is 9.47 Å². The maximum absolute atomic E-state index is 5.80. The molecule has 0 aliphatic heterocycles. The highest BCUT2D eigenvalue weighted by Crippen LogP contribution is 2.27. The minimum absolute atomic E-state index is 0.209. The number of methoxy groups -OCH3 is 2. The molecule has 1 aliphatic rings. The fourth-order valence-electron chi connectivity index (χ4n) is 3.10. The SMILES string of the molecule is CO[C@@]1(C)/C=C/[C@@H](C(C)C)CC/C(C)=C/CC[C@](C)(OC)/C=C\C1. The molecule has 0 saturated heterocycles. The second-order valence-electron chi connectivity index (χ2n) is 8.03. The Morgan fingerprint density at radius 1 is 1.08 bits per heavy atom. The van der Waals surface area contributed by atoms with E-state index in [1.807, 2.05) is 0 Å². The monoisotopic (exact) mass is 334 g/mol. The van der Waals surface area contributed by atoms with Crippen LogP contribution in [0.15, 0.2) is 36.0 Å². The number of allylic oxidation sites excluding steroid dienone is 3. The number of hydrogen-bond donors (Lipinski definition) is 0. The van der Waals surface area contributed by atoms with Gasteiger partial charge in [0.2, 0.25) is 0 Å². The minimum atomic E-state index is -0.257. The molecule has 0 spiro atoms. The van der Waals surface area contributed by atoms with E-state index in [-0.39, 0.29) is 11.2 Å². The van der Waals surface area contributed by atoms with Crippen LogP contribution in [0.1, 0.15) is 66.7 Å². The molecule has 24 heavy (non-hydrogen) atoms. The van der Waals surface area contributed by atoms with E-state index < -0.39 is 0 Å². The predicted octanol–water partition coefficient (Wildman–Crippen LogP) is 6.09. The van der Waals surface area contributed by atoms with Crippen LogP contribution in [0.5, 0.6) is 0 Å². The van der Waals surface area contributed by atoms with Crippen LogP contribution >= 0.6 is 0 Å². The van der Waals surface area contributed by atoms with Crippen LogP contribution < -0.4 is 0 Å². The molecule has 0 saturated carbocycles. The largest absolute Gasteiger partial charge is 0.374 e. The van der Waals surface area contributed by atoms with Gasteiger partial charge in [-0.25, -0.2) is 0 Å². The molecule has 0 N–H and O–H groups in total. The Balaban J connectivity index is 3.07. The zero-order valence-corrected chi connectivity index (χ0v) is 16.9. The van der Waals surface area contributed by atoms with Gasteiger partial charge in [-0.15, -0.1) is 0 Å². The van der Waals surface area contributed by atoms with Gasteiger partial charge in [-0.05, 0) is 64.7 Å². The van der Waals surface area contributed by atoms with Gasteiger partial charge in [-0.2, -0.15) is 0 Å². The van der Waals surface area contributed by atoms with E-state index in [4.69, 9.17) is 9.47 Å². The molecule has 0 fully saturated rings. The lowest BCUT2D eigenvalue weighted by Gasteiger charge is -2.27. The first-order valence-electron chi connectivity index (χ1n) is 9.36. The van der Waals surface area contributed by atoms with E-state index >= 15 is 0 Å². The van der Waals surface area contributed by atoms with Crippen molar-refractivity contribution in [3.05, 3.63) is 36.0 Å². The first-order valence-corrected chi connectivity index (χ1v) is 9.36. The van der Waals surface area contributed by atoms with Gasteiger partial charge in [0.25, 0.3) is 0 Å². The van der Waals surface area contributed by atoms with Gasteiger partial charge < -0.3 is 9.47 Å². The maximum Gasteiger partial charge on any atom is 0.0865 e. The Labute approximate surface area is 150 Å². The fraction of sp³-hybridized carbons (Fsp3) is 0.727. The Kier molecular flexibility index (Phi) is 8.45. The molecule has 0 bridgehead atoms. The summed E-state index contributed by atoms with van der Waals surface area (Å²) >= 11 is 0. The van der Waals surface area contributed by atoms with Crippen molar-refractivity contribution in [2.24, 2.45) is 11.8 Å². The van der Waals surface area contributed by atoms with E-state index in [9.17, 15) is 0 Å². The van der Waals surface area contributed by atoms with Crippen LogP contribution in [-0.2, 0) is 9.47 Å². The summed E-state index contributed by atoms with van der Waals surface area (Å²) in [5, 5.41) is 0. The molecule has 0 unspecified atom stereocenters. The van der Waals surface area contributed by atoms with Gasteiger partial charge in [0.15, 0.2) is 0 Å². The molecule has 0 heterocycles. The molecule has 3 atom stereocenters. The topological polar surface area (TPSA) is 18.5 Å². The van der Waals surface area contributed by atoms with Crippen molar-refractivity contribution in [1.82, 2.24) is 0 Å². The van der Waals surface area contributed by atoms with E-state index in [1.165, 1.54) is 12.0 Å². The smallest absolute Gasteiger partial charge is 0.0865 e. The third-order valence-corrected chi connectivity index (χ3v) is 5.48. The van der Waals surface area contributed by atoms with E-state index in [0.717, 1.165) is 25.7 Å². The summed E-state index contributed by atoms with van der Waals surface area (Å²) in [6.07, 6.45) is 16.7. The molecule has 2 heteroatoms. The summed E-state index contributed by atoms with van der Waals surface area (Å²) in [6.45, 7) is 11.2. The molecular weight excluding hydrogens is 296 g/mol. The summed E-state index contributed by atoms with van der Waals surface area (Å²) in [6, 6.07) is 0. The number of rotatable bonds is 3. The van der Waals surface area contributed by atoms with Gasteiger partial charge in [-0.1, -0.05) is 49.8 Å². The fourth-order valence-corrected chi connectivity index (χ4v) is 3.10. The van der Waals surface area contributed by atoms with E-state index in [0.29, 0.717) is 11.8 Å². The Morgan fingerprint density at radius 2 is 1.75 bits per heavy atom. The standard InChI is InChI=1S/C22H38O2/c1-18(2)20-12-11-19(3)10-8-14-21(4,23-6)15-9-16-22(5,24-7)17-13-20/h9-10,13,15,17-18,20H,8,11-12,14,16H2,1-7H3/b15-9-,17-13+,19-10+/t20-,21-,22+/m0/s1. The highest BCUT2D eigenvalue weighted by atomic mass is 16.5. The van der Waals surface area contributed by atoms with Crippen LogP contribution in [0, 0.1) is 11.8 Å². The maximum atomic E-state index is 5.80. The van der Waals surface area contributed by atoms with Gasteiger partial charge in [0, 0.05) is 14.2 Å². The predicted molar refractivity (Wildman–Crippen MR) is 104 cm³/mol. The molecule has 1 rings (SSSR count). The van der Waals surface area contributed by atoms with Crippen LogP contribution in [0.3, 0.4) is 0 Å². The minimum Gasteiger partial charge on any atom is -0.374 e. The van der Waals surface area contributed by atoms with Crippen molar-refractivity contribution in [3.8, 4) is 0 Å². The zero-order chi connectivity index (χ0) is 18.2. The Bertz CT molecular complexity index is 461. The van der Waals surface area contributed by atoms with Crippen LogP contribution in [0.2, 0.25) is 0 Å². The second kappa shape index (κ2) is 9.58. The molecule has 1 aliphatic carbocycles. The lowest BCUT2D eigenvalue weighted by atomic mass is 9.86. The molecule has 2 nitrogen and oxygen atoms in total. The van der Waals surface area contributed by atoms with Crippen molar-refractivity contribution in [3.63, 3.8) is 0 Å². The number of hydrogen-bond acceptors (Lipinski definition) is 2. The van der Waals surface area contributed by atoms with Gasteiger partial charge in [0.05, 0.1) is 11.2 Å². The molecular formula is C22H38O2. The number of ether oxygens (including phenoxy) is 2. The third-order valence-electron chi connectivity index (χ3n) is 5.48. The first-order chi connectivity index (χ1) is 11.2. The molecule has 0 radical (unpaired) electrons. The van der Waals surface area contributed by atoms with Gasteiger partial charge >= 0.3 is 0 Å². The average molecular weight is 335 g/mol. The van der Waals surface area contributed by atoms with E-state index in [1.54, 1.807) is 14.2 Å². The summed E-state index contributed by atoms with van der Waals surface area (Å²) in [5.41, 5.74) is 1.02. The van der Waals surface area contributed by atoms with Crippen molar-refractivity contribution >= 4 is 0 Å². The Morgan fingerprint density at radius 3 is 2.33 bits per heavy atom. The average Bonchev–Trinajstić information content (AvgIpc) is 2.53. The quantitative estimate of drug-likeness (QED) is 0.581. The molecule has 0 amide bonds. The summed E-state index contributed by atoms with van der Waals surface area (Å²) in [5.74, 6) is 1.24. The first kappa shape index (κ1) is 21.2. The Hall–Kier alpha value is -0.860. The highest BCUT2D eigenvalue weighted by molar-refractivity contribution is 5.10. The molecule has 0 aromatic carbocycles. The van der Waals surface area contributed by atoms with Gasteiger partial charge in [-0.3, -0.25) is 0 Å². The highest BCUT2D eigenvalue weighted by Gasteiger charge is 2.23. The van der Waals surface area contributed by atoms with Crippen molar-refractivity contribution in [1.29, 1.82) is 0 Å². The van der Waals surface area contributed by atoms with Crippen molar-refractivity contribution in [2.75, 3.05) is 14.2 Å². The summed E-state index contributed by atoms with van der Waals surface area (Å²) in [4.78, 5) is 0. The third kappa shape index (κ3) is 6.94. The summed E-state index contributed by atoms with van der Waals surface area (Å²) < 4.78 is 11.5. The van der Waals surface area contributed by atoms with E-state index in [2.05, 4.69) is 65.0 Å². The normalized spacial score (nSPS) is 38.2. The lowest BCUT2D eigenvalue weighted by Crippen LogP contribution is -2.26. The zero-order valence-electron chi connectivity index (χ0n) is 16.9. The molecule has 0 aromatic rings. The van der Waals surface area contributed by atoms with Crippen LogP contribution in [-0.4, -0.2) is 25.4 Å². The second-order valence-corrected chi connectivity index (χ2v) is 8.03.